The fourth-order valence-electron chi connectivity index (χ4n) is 1.79. The van der Waals surface area contributed by atoms with E-state index in [0.717, 1.165) is 10.2 Å². The fraction of sp³-hybridized carbons (Fsp3) is 0.462. The summed E-state index contributed by atoms with van der Waals surface area (Å²) in [5.74, 6) is 0. The Kier molecular flexibility index (Phi) is 5.15. The molecule has 5 heteroatoms. The van der Waals surface area contributed by atoms with Gasteiger partial charge in [-0.3, -0.25) is 0 Å². The second kappa shape index (κ2) is 6.19. The molecule has 0 saturated carbocycles. The first kappa shape index (κ1) is 15.0. The van der Waals surface area contributed by atoms with Crippen LogP contribution in [-0.4, -0.2) is 42.8 Å². The van der Waals surface area contributed by atoms with Gasteiger partial charge in [-0.25, -0.2) is 0 Å². The number of aliphatic hydroxyl groups is 1. The van der Waals surface area contributed by atoms with Gasteiger partial charge in [-0.05, 0) is 39.2 Å². The van der Waals surface area contributed by atoms with Crippen molar-refractivity contribution in [3.05, 3.63) is 28.2 Å². The molecular weight excluding hydrogens is 294 g/mol. The minimum atomic E-state index is -0.844. The number of hydrogen-bond donors (Lipinski definition) is 2. The van der Waals surface area contributed by atoms with Crippen LogP contribution in [0.2, 0.25) is 0 Å². The van der Waals surface area contributed by atoms with E-state index in [-0.39, 0.29) is 0 Å². The molecule has 0 fully saturated rings. The Bertz CT molecular complexity index is 452. The summed E-state index contributed by atoms with van der Waals surface area (Å²) in [6.45, 7) is 2.71. The van der Waals surface area contributed by atoms with Gasteiger partial charge in [0.15, 0.2) is 0 Å². The molecule has 18 heavy (non-hydrogen) atoms. The molecule has 1 aromatic carbocycles. The molecule has 1 atom stereocenters. The van der Waals surface area contributed by atoms with E-state index >= 15 is 0 Å². The van der Waals surface area contributed by atoms with Crippen molar-refractivity contribution in [2.45, 2.75) is 12.5 Å². The molecule has 1 rings (SSSR count). The van der Waals surface area contributed by atoms with Gasteiger partial charge in [-0.15, -0.1) is 0 Å². The third kappa shape index (κ3) is 4.65. The summed E-state index contributed by atoms with van der Waals surface area (Å²) in [7, 11) is 3.82. The van der Waals surface area contributed by atoms with E-state index in [2.05, 4.69) is 27.3 Å². The molecule has 0 aliphatic rings. The topological polar surface area (TPSA) is 59.3 Å². The number of anilines is 1. The number of nitrogens with one attached hydrogen (secondary N) is 1. The predicted molar refractivity (Wildman–Crippen MR) is 76.5 cm³/mol. The molecule has 2 N–H and O–H groups in total. The maximum atomic E-state index is 10.2. The van der Waals surface area contributed by atoms with E-state index in [1.807, 2.05) is 31.1 Å². The highest BCUT2D eigenvalue weighted by atomic mass is 79.9. The standard InChI is InChI=1S/C13H18BrN3O/c1-13(18,9-17(2)3)8-16-12-5-4-11(14)6-10(12)7-15/h4-6,16,18H,8-9H2,1-3H3/t13-/m0/s1. The van der Waals surface area contributed by atoms with Gasteiger partial charge in [0.05, 0.1) is 16.9 Å². The van der Waals surface area contributed by atoms with Gasteiger partial charge in [0.1, 0.15) is 6.07 Å². The molecule has 0 amide bonds. The van der Waals surface area contributed by atoms with Crippen LogP contribution >= 0.6 is 15.9 Å². The summed E-state index contributed by atoms with van der Waals surface area (Å²) >= 11 is 3.33. The summed E-state index contributed by atoms with van der Waals surface area (Å²) in [6, 6.07) is 7.57. The van der Waals surface area contributed by atoms with Crippen LogP contribution in [0.1, 0.15) is 12.5 Å². The van der Waals surface area contributed by atoms with E-state index in [9.17, 15) is 5.11 Å². The monoisotopic (exact) mass is 311 g/mol. The molecule has 0 bridgehead atoms. The zero-order chi connectivity index (χ0) is 13.8. The Morgan fingerprint density at radius 3 is 2.72 bits per heavy atom. The first-order valence-corrected chi connectivity index (χ1v) is 6.44. The van der Waals surface area contributed by atoms with E-state index in [0.29, 0.717) is 18.7 Å². The van der Waals surface area contributed by atoms with Crippen LogP contribution in [0, 0.1) is 11.3 Å². The minimum Gasteiger partial charge on any atom is -0.387 e. The molecule has 0 aliphatic heterocycles. The van der Waals surface area contributed by atoms with Crippen LogP contribution in [0.15, 0.2) is 22.7 Å². The largest absolute Gasteiger partial charge is 0.387 e. The van der Waals surface area contributed by atoms with E-state index in [4.69, 9.17) is 5.26 Å². The van der Waals surface area contributed by atoms with E-state index in [1.54, 1.807) is 13.0 Å². The summed E-state index contributed by atoms with van der Waals surface area (Å²) < 4.78 is 0.865. The molecular formula is C13H18BrN3O. The van der Waals surface area contributed by atoms with Gasteiger partial charge in [-0.2, -0.15) is 5.26 Å². The second-order valence-electron chi connectivity index (χ2n) is 4.89. The van der Waals surface area contributed by atoms with E-state index in [1.165, 1.54) is 0 Å². The molecule has 0 heterocycles. The zero-order valence-electron chi connectivity index (χ0n) is 10.9. The summed E-state index contributed by atoms with van der Waals surface area (Å²) in [5, 5.41) is 22.3. The molecule has 4 nitrogen and oxygen atoms in total. The molecule has 0 spiro atoms. The number of likely N-dealkylation sites (N-methyl/N-ethyl adjacent to an activating group) is 1. The molecule has 0 aromatic heterocycles. The van der Waals surface area contributed by atoms with Crippen LogP contribution in [-0.2, 0) is 0 Å². The molecule has 1 aromatic rings. The highest BCUT2D eigenvalue weighted by Gasteiger charge is 2.21. The highest BCUT2D eigenvalue weighted by Crippen LogP contribution is 2.21. The second-order valence-corrected chi connectivity index (χ2v) is 5.81. The third-order valence-electron chi connectivity index (χ3n) is 2.42. The predicted octanol–water partition coefficient (Wildman–Crippen LogP) is 2.05. The Morgan fingerprint density at radius 1 is 1.50 bits per heavy atom. The van der Waals surface area contributed by atoms with Crippen molar-refractivity contribution < 1.29 is 5.11 Å². The van der Waals surface area contributed by atoms with Crippen molar-refractivity contribution in [2.75, 3.05) is 32.5 Å². The SMILES string of the molecule is CN(C)C[C@@](C)(O)CNc1ccc(Br)cc1C#N. The van der Waals surface area contributed by atoms with Gasteiger partial charge in [0.2, 0.25) is 0 Å². The first-order chi connectivity index (χ1) is 8.34. The Morgan fingerprint density at radius 2 is 2.17 bits per heavy atom. The van der Waals surface area contributed by atoms with Crippen LogP contribution in [0.4, 0.5) is 5.69 Å². The molecule has 98 valence electrons. The van der Waals surface area contributed by atoms with Crippen molar-refractivity contribution in [3.8, 4) is 6.07 Å². The molecule has 0 aliphatic carbocycles. The third-order valence-corrected chi connectivity index (χ3v) is 2.91. The highest BCUT2D eigenvalue weighted by molar-refractivity contribution is 9.10. The van der Waals surface area contributed by atoms with Crippen molar-refractivity contribution in [3.63, 3.8) is 0 Å². The lowest BCUT2D eigenvalue weighted by atomic mass is 10.1. The van der Waals surface area contributed by atoms with Gasteiger partial charge in [0, 0.05) is 17.6 Å². The first-order valence-electron chi connectivity index (χ1n) is 5.65. The number of nitriles is 1. The van der Waals surface area contributed by atoms with Crippen molar-refractivity contribution in [1.29, 1.82) is 5.26 Å². The van der Waals surface area contributed by atoms with Gasteiger partial charge in [0.25, 0.3) is 0 Å². The summed E-state index contributed by atoms with van der Waals surface area (Å²) in [4.78, 5) is 1.93. The minimum absolute atomic E-state index is 0.390. The van der Waals surface area contributed by atoms with Crippen molar-refractivity contribution >= 4 is 21.6 Å². The zero-order valence-corrected chi connectivity index (χ0v) is 12.5. The van der Waals surface area contributed by atoms with Crippen LogP contribution < -0.4 is 5.32 Å². The van der Waals surface area contributed by atoms with Crippen LogP contribution in [0.5, 0.6) is 0 Å². The number of nitrogens with zero attached hydrogens (tertiary/aromatic N) is 2. The molecule has 0 unspecified atom stereocenters. The van der Waals surface area contributed by atoms with Crippen LogP contribution in [0.3, 0.4) is 0 Å². The fourth-order valence-corrected chi connectivity index (χ4v) is 2.15. The average molecular weight is 312 g/mol. The average Bonchev–Trinajstić information content (AvgIpc) is 2.25. The smallest absolute Gasteiger partial charge is 0.101 e. The van der Waals surface area contributed by atoms with Crippen molar-refractivity contribution in [1.82, 2.24) is 4.90 Å². The maximum Gasteiger partial charge on any atom is 0.101 e. The number of hydrogen-bond acceptors (Lipinski definition) is 4. The van der Waals surface area contributed by atoms with Gasteiger partial charge in [-0.1, -0.05) is 15.9 Å². The summed E-state index contributed by atoms with van der Waals surface area (Å²) in [5.41, 5.74) is 0.452. The lowest BCUT2D eigenvalue weighted by Crippen LogP contribution is -2.43. The lowest BCUT2D eigenvalue weighted by Gasteiger charge is -2.27. The normalized spacial score (nSPS) is 14.1. The Hall–Kier alpha value is -1.09. The van der Waals surface area contributed by atoms with E-state index < -0.39 is 5.60 Å². The maximum absolute atomic E-state index is 10.2. The number of benzene rings is 1. The molecule has 0 saturated heterocycles. The van der Waals surface area contributed by atoms with Gasteiger partial charge >= 0.3 is 0 Å². The number of halogens is 1. The molecule has 0 radical (unpaired) electrons. The van der Waals surface area contributed by atoms with Crippen LogP contribution in [0.25, 0.3) is 0 Å². The number of rotatable bonds is 5. The Labute approximate surface area is 116 Å². The van der Waals surface area contributed by atoms with Gasteiger partial charge < -0.3 is 15.3 Å². The lowest BCUT2D eigenvalue weighted by molar-refractivity contribution is 0.0460. The van der Waals surface area contributed by atoms with Crippen molar-refractivity contribution in [2.24, 2.45) is 0 Å². The Balaban J connectivity index is 2.72. The summed E-state index contributed by atoms with van der Waals surface area (Å²) in [6.07, 6.45) is 0. The quantitative estimate of drug-likeness (QED) is 0.873.